The first-order valence-corrected chi connectivity index (χ1v) is 7.81. The summed E-state index contributed by atoms with van der Waals surface area (Å²) < 4.78 is 0. The van der Waals surface area contributed by atoms with Crippen LogP contribution in [-0.2, 0) is 19.5 Å². The Morgan fingerprint density at radius 1 is 1.22 bits per heavy atom. The van der Waals surface area contributed by atoms with E-state index in [0.29, 0.717) is 12.1 Å². The SMILES string of the molecule is CN=C(NCc1cccc(C#N)c1)N1CCc2ccccc2C1. The molecular formula is C19H20N4. The minimum absolute atomic E-state index is 0.667. The lowest BCUT2D eigenvalue weighted by molar-refractivity contribution is 0.378. The summed E-state index contributed by atoms with van der Waals surface area (Å²) in [5.74, 6) is 0.905. The molecule has 0 bridgehead atoms. The van der Waals surface area contributed by atoms with Crippen LogP contribution in [0.1, 0.15) is 22.3 Å². The molecule has 0 radical (unpaired) electrons. The van der Waals surface area contributed by atoms with Crippen LogP contribution in [0.3, 0.4) is 0 Å². The van der Waals surface area contributed by atoms with Gasteiger partial charge in [-0.1, -0.05) is 36.4 Å². The predicted molar refractivity (Wildman–Crippen MR) is 91.9 cm³/mol. The Kier molecular flexibility index (Phi) is 4.58. The summed E-state index contributed by atoms with van der Waals surface area (Å²) in [5.41, 5.74) is 4.57. The molecule has 116 valence electrons. The van der Waals surface area contributed by atoms with E-state index in [4.69, 9.17) is 5.26 Å². The van der Waals surface area contributed by atoms with Crippen LogP contribution in [-0.4, -0.2) is 24.5 Å². The van der Waals surface area contributed by atoms with Gasteiger partial charge in [0.1, 0.15) is 0 Å². The molecule has 3 rings (SSSR count). The van der Waals surface area contributed by atoms with Crippen LogP contribution in [0.4, 0.5) is 0 Å². The average molecular weight is 304 g/mol. The van der Waals surface area contributed by atoms with Gasteiger partial charge in [0.05, 0.1) is 11.6 Å². The van der Waals surface area contributed by atoms with Gasteiger partial charge in [-0.25, -0.2) is 0 Å². The minimum atomic E-state index is 0.667. The van der Waals surface area contributed by atoms with Crippen LogP contribution in [0.2, 0.25) is 0 Å². The van der Waals surface area contributed by atoms with Gasteiger partial charge in [0.15, 0.2) is 5.96 Å². The molecule has 23 heavy (non-hydrogen) atoms. The van der Waals surface area contributed by atoms with Crippen LogP contribution < -0.4 is 5.32 Å². The predicted octanol–water partition coefficient (Wildman–Crippen LogP) is 2.69. The van der Waals surface area contributed by atoms with E-state index in [-0.39, 0.29) is 0 Å². The fourth-order valence-corrected chi connectivity index (χ4v) is 2.94. The molecule has 2 aromatic carbocycles. The molecule has 0 amide bonds. The van der Waals surface area contributed by atoms with E-state index < -0.39 is 0 Å². The smallest absolute Gasteiger partial charge is 0.194 e. The summed E-state index contributed by atoms with van der Waals surface area (Å²) in [6.45, 7) is 2.52. The maximum atomic E-state index is 8.98. The third kappa shape index (κ3) is 3.51. The Morgan fingerprint density at radius 2 is 2.04 bits per heavy atom. The lowest BCUT2D eigenvalue weighted by Crippen LogP contribution is -2.43. The van der Waals surface area contributed by atoms with E-state index in [0.717, 1.165) is 31.0 Å². The normalized spacial score (nSPS) is 14.1. The van der Waals surface area contributed by atoms with Crippen molar-refractivity contribution in [2.45, 2.75) is 19.5 Å². The monoisotopic (exact) mass is 304 g/mol. The first kappa shape index (κ1) is 15.1. The summed E-state index contributed by atoms with van der Waals surface area (Å²) in [6, 6.07) is 18.4. The highest BCUT2D eigenvalue weighted by Crippen LogP contribution is 2.18. The zero-order valence-corrected chi connectivity index (χ0v) is 13.3. The first-order chi connectivity index (χ1) is 11.3. The Bertz CT molecular complexity index is 758. The molecule has 0 aromatic heterocycles. The molecule has 0 saturated heterocycles. The fourth-order valence-electron chi connectivity index (χ4n) is 2.94. The number of rotatable bonds is 2. The molecule has 1 aliphatic rings. The largest absolute Gasteiger partial charge is 0.352 e. The second-order valence-electron chi connectivity index (χ2n) is 5.65. The van der Waals surface area contributed by atoms with Gasteiger partial charge in [0.25, 0.3) is 0 Å². The van der Waals surface area contributed by atoms with Gasteiger partial charge in [-0.05, 0) is 35.2 Å². The van der Waals surface area contributed by atoms with Gasteiger partial charge < -0.3 is 10.2 Å². The highest BCUT2D eigenvalue weighted by molar-refractivity contribution is 5.80. The molecule has 0 aliphatic carbocycles. The number of nitriles is 1. The lowest BCUT2D eigenvalue weighted by Gasteiger charge is -2.31. The molecule has 1 heterocycles. The van der Waals surface area contributed by atoms with Crippen molar-refractivity contribution in [3.05, 3.63) is 70.8 Å². The fraction of sp³-hybridized carbons (Fsp3) is 0.263. The van der Waals surface area contributed by atoms with E-state index >= 15 is 0 Å². The van der Waals surface area contributed by atoms with Crippen molar-refractivity contribution < 1.29 is 0 Å². The number of benzene rings is 2. The highest BCUT2D eigenvalue weighted by atomic mass is 15.3. The third-order valence-corrected chi connectivity index (χ3v) is 4.15. The van der Waals surface area contributed by atoms with Crippen LogP contribution in [0.15, 0.2) is 53.5 Å². The van der Waals surface area contributed by atoms with Crippen molar-refractivity contribution in [1.82, 2.24) is 10.2 Å². The lowest BCUT2D eigenvalue weighted by atomic mass is 10.0. The van der Waals surface area contributed by atoms with Crippen molar-refractivity contribution in [2.24, 2.45) is 4.99 Å². The maximum Gasteiger partial charge on any atom is 0.194 e. The molecular weight excluding hydrogens is 284 g/mol. The van der Waals surface area contributed by atoms with Crippen molar-refractivity contribution in [1.29, 1.82) is 5.26 Å². The van der Waals surface area contributed by atoms with Gasteiger partial charge in [-0.3, -0.25) is 4.99 Å². The topological polar surface area (TPSA) is 51.4 Å². The summed E-state index contributed by atoms with van der Waals surface area (Å²) in [4.78, 5) is 6.68. The standard InChI is InChI=1S/C19H20N4/c1-21-19(22-13-16-6-4-5-15(11-16)12-20)23-10-9-17-7-2-3-8-18(17)14-23/h2-8,11H,9-10,13-14H2,1H3,(H,21,22). The molecule has 2 aromatic rings. The molecule has 0 saturated carbocycles. The minimum Gasteiger partial charge on any atom is -0.352 e. The molecule has 0 unspecified atom stereocenters. The summed E-state index contributed by atoms with van der Waals surface area (Å²) in [6.07, 6.45) is 1.04. The maximum absolute atomic E-state index is 8.98. The number of guanidine groups is 1. The van der Waals surface area contributed by atoms with E-state index in [1.165, 1.54) is 11.1 Å². The van der Waals surface area contributed by atoms with Crippen molar-refractivity contribution in [3.8, 4) is 6.07 Å². The van der Waals surface area contributed by atoms with Crippen molar-refractivity contribution in [2.75, 3.05) is 13.6 Å². The number of hydrogen-bond acceptors (Lipinski definition) is 2. The zero-order chi connectivity index (χ0) is 16.1. The van der Waals surface area contributed by atoms with E-state index in [2.05, 4.69) is 45.5 Å². The van der Waals surface area contributed by atoms with Gasteiger partial charge >= 0.3 is 0 Å². The molecule has 1 N–H and O–H groups in total. The molecule has 0 atom stereocenters. The van der Waals surface area contributed by atoms with Gasteiger partial charge in [0, 0.05) is 26.7 Å². The average Bonchev–Trinajstić information content (AvgIpc) is 2.62. The first-order valence-electron chi connectivity index (χ1n) is 7.81. The quantitative estimate of drug-likeness (QED) is 0.685. The number of aliphatic imine (C=N–C) groups is 1. The van der Waals surface area contributed by atoms with Crippen LogP contribution in [0, 0.1) is 11.3 Å². The molecule has 0 fully saturated rings. The van der Waals surface area contributed by atoms with E-state index in [9.17, 15) is 0 Å². The van der Waals surface area contributed by atoms with Crippen LogP contribution in [0.5, 0.6) is 0 Å². The van der Waals surface area contributed by atoms with E-state index in [1.807, 2.05) is 31.3 Å². The highest BCUT2D eigenvalue weighted by Gasteiger charge is 2.18. The van der Waals surface area contributed by atoms with Crippen LogP contribution >= 0.6 is 0 Å². The number of fused-ring (bicyclic) bond motifs is 1. The van der Waals surface area contributed by atoms with Gasteiger partial charge in [-0.15, -0.1) is 0 Å². The Labute approximate surface area is 137 Å². The summed E-state index contributed by atoms with van der Waals surface area (Å²) in [5, 5.41) is 12.4. The van der Waals surface area contributed by atoms with Crippen molar-refractivity contribution in [3.63, 3.8) is 0 Å². The van der Waals surface area contributed by atoms with Gasteiger partial charge in [-0.2, -0.15) is 5.26 Å². The third-order valence-electron chi connectivity index (χ3n) is 4.15. The number of hydrogen-bond donors (Lipinski definition) is 1. The molecule has 1 aliphatic heterocycles. The second kappa shape index (κ2) is 6.97. The molecule has 4 nitrogen and oxygen atoms in total. The molecule has 4 heteroatoms. The van der Waals surface area contributed by atoms with Crippen molar-refractivity contribution >= 4 is 5.96 Å². The molecule has 0 spiro atoms. The van der Waals surface area contributed by atoms with E-state index in [1.54, 1.807) is 0 Å². The van der Waals surface area contributed by atoms with Crippen LogP contribution in [0.25, 0.3) is 0 Å². The Morgan fingerprint density at radius 3 is 2.83 bits per heavy atom. The van der Waals surface area contributed by atoms with Gasteiger partial charge in [0.2, 0.25) is 0 Å². The zero-order valence-electron chi connectivity index (χ0n) is 13.3. The second-order valence-corrected chi connectivity index (χ2v) is 5.65. The number of nitrogens with zero attached hydrogens (tertiary/aromatic N) is 3. The summed E-state index contributed by atoms with van der Waals surface area (Å²) >= 11 is 0. The number of nitrogens with one attached hydrogen (secondary N) is 1. The summed E-state index contributed by atoms with van der Waals surface area (Å²) in [7, 11) is 1.81. The Balaban J connectivity index is 1.66. The Hall–Kier alpha value is -2.80.